The summed E-state index contributed by atoms with van der Waals surface area (Å²) in [6.45, 7) is 3.39. The molecule has 2 aliphatic heterocycles. The van der Waals surface area contributed by atoms with Crippen LogP contribution in [0.1, 0.15) is 25.7 Å². The average Bonchev–Trinajstić information content (AvgIpc) is 3.58. The van der Waals surface area contributed by atoms with Gasteiger partial charge in [0.15, 0.2) is 11.6 Å². The zero-order valence-electron chi connectivity index (χ0n) is 17.2. The predicted octanol–water partition coefficient (Wildman–Crippen LogP) is 2.52. The minimum atomic E-state index is -0.193. The van der Waals surface area contributed by atoms with Crippen LogP contribution in [0, 0.1) is 92.7 Å². The quantitative estimate of drug-likeness (QED) is 0.622. The van der Waals surface area contributed by atoms with Crippen molar-refractivity contribution < 1.29 is 18.9 Å². The molecule has 0 aromatic heterocycles. The molecular formula is C26H28O4. The van der Waals surface area contributed by atoms with Crippen LogP contribution >= 0.6 is 0 Å². The Morgan fingerprint density at radius 1 is 0.400 bits per heavy atom. The maximum absolute atomic E-state index is 6.89. The van der Waals surface area contributed by atoms with Crippen LogP contribution in [0.25, 0.3) is 0 Å². The van der Waals surface area contributed by atoms with Crippen molar-refractivity contribution in [2.75, 3.05) is 26.4 Å². The van der Waals surface area contributed by atoms with E-state index in [-0.39, 0.29) is 11.6 Å². The van der Waals surface area contributed by atoms with Crippen molar-refractivity contribution in [1.82, 2.24) is 0 Å². The fourth-order valence-corrected chi connectivity index (χ4v) is 18.8. The van der Waals surface area contributed by atoms with Crippen LogP contribution in [0.4, 0.5) is 0 Å². The van der Waals surface area contributed by atoms with E-state index in [1.807, 2.05) is 0 Å². The van der Waals surface area contributed by atoms with Crippen LogP contribution in [-0.2, 0) is 18.9 Å². The molecule has 9 unspecified atom stereocenters. The van der Waals surface area contributed by atoms with E-state index in [2.05, 4.69) is 0 Å². The van der Waals surface area contributed by atoms with Gasteiger partial charge in [-0.15, -0.1) is 0 Å². The molecule has 0 aromatic rings. The molecular weight excluding hydrogens is 376 g/mol. The topological polar surface area (TPSA) is 36.9 Å². The molecule has 0 radical (unpaired) electrons. The molecule has 14 rings (SSSR count). The summed E-state index contributed by atoms with van der Waals surface area (Å²) in [5.41, 5.74) is 2.27. The molecule has 14 aliphatic rings. The Balaban J connectivity index is 1.30. The molecule has 0 aromatic carbocycles. The SMILES string of the molecule is C1COC2(O1)C1C3C4[C@@H]5C6(OCCO6)[C@H]3C36[C@@H]7CC[C@H]8C9C7[C@@H]7CC[C@H]9C([C@@H]42)(C183)C576. The largest absolute Gasteiger partial charge is 0.347 e. The van der Waals surface area contributed by atoms with Gasteiger partial charge in [-0.1, -0.05) is 0 Å². The second-order valence-electron chi connectivity index (χ2n) is 14.1. The van der Waals surface area contributed by atoms with E-state index in [0.717, 1.165) is 73.8 Å². The lowest BCUT2D eigenvalue weighted by Gasteiger charge is -2.81. The molecule has 30 heavy (non-hydrogen) atoms. The van der Waals surface area contributed by atoms with E-state index in [1.165, 1.54) is 25.7 Å². The average molecular weight is 405 g/mol. The smallest absolute Gasteiger partial charge is 0.175 e. The van der Waals surface area contributed by atoms with Gasteiger partial charge in [0.1, 0.15) is 0 Å². The van der Waals surface area contributed by atoms with Crippen LogP contribution in [0.3, 0.4) is 0 Å². The fourth-order valence-electron chi connectivity index (χ4n) is 18.8. The third kappa shape index (κ3) is 0.649. The lowest BCUT2D eigenvalue weighted by atomic mass is 9.21. The molecule has 156 valence electrons. The fraction of sp³-hybridized carbons (Fsp3) is 1.00. The van der Waals surface area contributed by atoms with Gasteiger partial charge in [-0.25, -0.2) is 0 Å². The minimum absolute atomic E-state index is 0.193. The first-order valence-electron chi connectivity index (χ1n) is 13.4. The third-order valence-electron chi connectivity index (χ3n) is 16.1. The van der Waals surface area contributed by atoms with Gasteiger partial charge >= 0.3 is 0 Å². The van der Waals surface area contributed by atoms with Gasteiger partial charge in [-0.2, -0.15) is 0 Å². The number of hydrogen-bond acceptors (Lipinski definition) is 4. The highest BCUT2D eigenvalue weighted by Gasteiger charge is 3.23. The summed E-state index contributed by atoms with van der Waals surface area (Å²) in [5.74, 6) is 10.1. The first kappa shape index (κ1) is 14.2. The number of fused-ring (bicyclic) bond motifs is 1. The van der Waals surface area contributed by atoms with Crippen LogP contribution < -0.4 is 0 Å². The zero-order chi connectivity index (χ0) is 18.4. The van der Waals surface area contributed by atoms with Gasteiger partial charge in [0.2, 0.25) is 0 Å². The van der Waals surface area contributed by atoms with E-state index in [4.69, 9.17) is 18.9 Å². The number of ether oxygens (including phenoxy) is 4. The van der Waals surface area contributed by atoms with Crippen LogP contribution in [-0.4, -0.2) is 38.0 Å². The van der Waals surface area contributed by atoms with Crippen molar-refractivity contribution in [3.63, 3.8) is 0 Å². The molecule has 16 atom stereocenters. The first-order valence-corrected chi connectivity index (χ1v) is 13.4. The molecule has 12 saturated carbocycles. The normalized spacial score (nSPS) is 84.8. The summed E-state index contributed by atoms with van der Waals surface area (Å²) < 4.78 is 27.5. The molecule has 6 spiro atoms. The summed E-state index contributed by atoms with van der Waals surface area (Å²) in [6, 6.07) is 0. The van der Waals surface area contributed by atoms with Crippen molar-refractivity contribution in [3.05, 3.63) is 0 Å². The highest BCUT2D eigenvalue weighted by atomic mass is 16.8. The third-order valence-corrected chi connectivity index (χ3v) is 16.1. The summed E-state index contributed by atoms with van der Waals surface area (Å²) in [6.07, 6.45) is 6.16. The molecule has 2 heterocycles. The molecule has 0 amide bonds. The highest BCUT2D eigenvalue weighted by Crippen LogP contribution is 3.22. The maximum Gasteiger partial charge on any atom is 0.175 e. The van der Waals surface area contributed by atoms with Crippen molar-refractivity contribution in [2.45, 2.75) is 37.3 Å². The van der Waals surface area contributed by atoms with E-state index in [9.17, 15) is 0 Å². The van der Waals surface area contributed by atoms with Crippen LogP contribution in [0.2, 0.25) is 0 Å². The lowest BCUT2D eigenvalue weighted by molar-refractivity contribution is -0.364. The molecule has 14 fully saturated rings. The Bertz CT molecular complexity index is 907. The molecule has 4 nitrogen and oxygen atoms in total. The molecule has 2 saturated heterocycles. The summed E-state index contributed by atoms with van der Waals surface area (Å²) in [4.78, 5) is 0. The van der Waals surface area contributed by atoms with Crippen LogP contribution in [0.15, 0.2) is 0 Å². The van der Waals surface area contributed by atoms with Crippen molar-refractivity contribution in [3.8, 4) is 0 Å². The van der Waals surface area contributed by atoms with Gasteiger partial charge in [0, 0.05) is 23.7 Å². The summed E-state index contributed by atoms with van der Waals surface area (Å²) >= 11 is 0. The van der Waals surface area contributed by atoms with E-state index < -0.39 is 0 Å². The number of hydrogen-bond donors (Lipinski definition) is 0. The molecule has 12 aliphatic carbocycles. The van der Waals surface area contributed by atoms with Crippen molar-refractivity contribution >= 4 is 0 Å². The second-order valence-corrected chi connectivity index (χ2v) is 14.1. The second kappa shape index (κ2) is 3.18. The van der Waals surface area contributed by atoms with Crippen molar-refractivity contribution in [1.29, 1.82) is 0 Å². The van der Waals surface area contributed by atoms with Crippen LogP contribution in [0.5, 0.6) is 0 Å². The van der Waals surface area contributed by atoms with Gasteiger partial charge in [-0.05, 0) is 94.7 Å². The monoisotopic (exact) mass is 404 g/mol. The molecule has 6 bridgehead atoms. The predicted molar refractivity (Wildman–Crippen MR) is 99.4 cm³/mol. The van der Waals surface area contributed by atoms with Gasteiger partial charge in [0.25, 0.3) is 0 Å². The Morgan fingerprint density at radius 3 is 1.00 bits per heavy atom. The molecule has 0 N–H and O–H groups in total. The van der Waals surface area contributed by atoms with E-state index >= 15 is 0 Å². The summed E-state index contributed by atoms with van der Waals surface area (Å²) in [5, 5.41) is 0. The van der Waals surface area contributed by atoms with E-state index in [0.29, 0.717) is 45.3 Å². The van der Waals surface area contributed by atoms with E-state index in [1.54, 1.807) is 0 Å². The lowest BCUT2D eigenvalue weighted by Crippen LogP contribution is -2.79. The Labute approximate surface area is 175 Å². The molecule has 4 heteroatoms. The summed E-state index contributed by atoms with van der Waals surface area (Å²) in [7, 11) is 0. The van der Waals surface area contributed by atoms with Gasteiger partial charge in [-0.3, -0.25) is 0 Å². The zero-order valence-corrected chi connectivity index (χ0v) is 17.2. The van der Waals surface area contributed by atoms with Crippen molar-refractivity contribution in [2.24, 2.45) is 92.7 Å². The van der Waals surface area contributed by atoms with Gasteiger partial charge in [0.05, 0.1) is 26.4 Å². The first-order chi connectivity index (χ1) is 14.8. The maximum atomic E-state index is 6.89. The number of rotatable bonds is 0. The Hall–Kier alpha value is -0.160. The highest BCUT2D eigenvalue weighted by molar-refractivity contribution is 5.67. The Morgan fingerprint density at radius 2 is 0.700 bits per heavy atom. The van der Waals surface area contributed by atoms with Gasteiger partial charge < -0.3 is 18.9 Å². The minimum Gasteiger partial charge on any atom is -0.347 e. The standard InChI is InChI=1S/C26H28O4/c1-2-10-14-12-4-3-11-13(14)9(1)21-17-15-16-19(25(17)27-5-6-28-25)23(11,21)24(12)20(16)26(29-7-8-30-26)18(15)22(10,21)24/h9-20H,1-8H2/t9-,10+,11+,12-,13?,14?,15?,16?,17-,18+,19+,20?,21?,22?,23?,24?/m0/s1. The Kier molecular flexibility index (Phi) is 1.50.